The van der Waals surface area contributed by atoms with E-state index in [0.29, 0.717) is 33.6 Å². The lowest BCUT2D eigenvalue weighted by Gasteiger charge is -2.25. The van der Waals surface area contributed by atoms with E-state index in [2.05, 4.69) is 5.32 Å². The van der Waals surface area contributed by atoms with Gasteiger partial charge in [0.15, 0.2) is 0 Å². The average molecular weight is 444 g/mol. The van der Waals surface area contributed by atoms with Crippen LogP contribution in [0.3, 0.4) is 0 Å². The molecule has 7 nitrogen and oxygen atoms in total. The maximum absolute atomic E-state index is 12.9. The minimum atomic E-state index is -0.795. The van der Waals surface area contributed by atoms with Gasteiger partial charge in [-0.2, -0.15) is 0 Å². The summed E-state index contributed by atoms with van der Waals surface area (Å²) in [5, 5.41) is 3.21. The quantitative estimate of drug-likeness (QED) is 0.475. The number of nitrogens with one attached hydrogen (secondary N) is 1. The number of aromatic nitrogens is 1. The molecule has 0 saturated carbocycles. The second-order valence-corrected chi connectivity index (χ2v) is 7.36. The van der Waals surface area contributed by atoms with E-state index in [4.69, 9.17) is 27.6 Å². The van der Waals surface area contributed by atoms with E-state index in [0.717, 1.165) is 4.90 Å². The highest BCUT2D eigenvalue weighted by atomic mass is 35.5. The number of furan rings is 1. The third kappa shape index (κ3) is 3.90. The predicted octanol–water partition coefficient (Wildman–Crippen LogP) is 4.10. The van der Waals surface area contributed by atoms with Crippen LogP contribution in [-0.2, 0) is 22.7 Å². The van der Waals surface area contributed by atoms with E-state index >= 15 is 0 Å². The van der Waals surface area contributed by atoms with Gasteiger partial charge in [-0.25, -0.2) is 4.79 Å². The molecule has 0 aliphatic carbocycles. The Morgan fingerprint density at radius 2 is 1.73 bits per heavy atom. The lowest BCUT2D eigenvalue weighted by Crippen LogP contribution is -2.53. The van der Waals surface area contributed by atoms with Crippen molar-refractivity contribution in [1.29, 1.82) is 0 Å². The van der Waals surface area contributed by atoms with E-state index in [1.165, 1.54) is 12.3 Å². The van der Waals surface area contributed by atoms with E-state index in [1.807, 2.05) is 0 Å². The highest BCUT2D eigenvalue weighted by Crippen LogP contribution is 2.26. The van der Waals surface area contributed by atoms with Crippen LogP contribution < -0.4 is 5.32 Å². The van der Waals surface area contributed by atoms with Crippen molar-refractivity contribution in [2.75, 3.05) is 0 Å². The Bertz CT molecular complexity index is 1140. The van der Waals surface area contributed by atoms with Crippen molar-refractivity contribution in [3.05, 3.63) is 87.6 Å². The van der Waals surface area contributed by atoms with Gasteiger partial charge in [0, 0.05) is 27.5 Å². The van der Waals surface area contributed by atoms with Gasteiger partial charge in [0.2, 0.25) is 0 Å². The fourth-order valence-corrected chi connectivity index (χ4v) is 3.62. The van der Waals surface area contributed by atoms with Gasteiger partial charge in [0.25, 0.3) is 11.8 Å². The fraction of sp³-hybridized carbons (Fsp3) is 0.0952. The van der Waals surface area contributed by atoms with Crippen molar-refractivity contribution < 1.29 is 18.8 Å². The normalized spacial score (nSPS) is 15.7. The highest BCUT2D eigenvalue weighted by Gasteiger charge is 2.36. The molecule has 1 fully saturated rings. The van der Waals surface area contributed by atoms with Crippen LogP contribution in [0, 0.1) is 0 Å². The third-order valence-corrected chi connectivity index (χ3v) is 5.34. The Morgan fingerprint density at radius 3 is 2.43 bits per heavy atom. The summed E-state index contributed by atoms with van der Waals surface area (Å²) < 4.78 is 7.00. The zero-order valence-electron chi connectivity index (χ0n) is 15.5. The first kappa shape index (κ1) is 20.0. The second-order valence-electron chi connectivity index (χ2n) is 6.55. The second kappa shape index (κ2) is 8.22. The number of amides is 4. The Morgan fingerprint density at radius 1 is 0.967 bits per heavy atom. The molecule has 4 amide bonds. The largest absolute Gasteiger partial charge is 0.467 e. The lowest BCUT2D eigenvalue weighted by atomic mass is 10.1. The fourth-order valence-electron chi connectivity index (χ4n) is 3.10. The van der Waals surface area contributed by atoms with Crippen molar-refractivity contribution in [1.82, 2.24) is 14.8 Å². The molecule has 2 aromatic heterocycles. The van der Waals surface area contributed by atoms with Crippen molar-refractivity contribution in [2.24, 2.45) is 0 Å². The van der Waals surface area contributed by atoms with Crippen LogP contribution in [-0.4, -0.2) is 27.3 Å². The Balaban J connectivity index is 1.64. The predicted molar refractivity (Wildman–Crippen MR) is 111 cm³/mol. The van der Waals surface area contributed by atoms with Gasteiger partial charge < -0.3 is 8.98 Å². The van der Waals surface area contributed by atoms with Crippen molar-refractivity contribution in [3.63, 3.8) is 0 Å². The first-order chi connectivity index (χ1) is 14.4. The molecule has 1 aliphatic rings. The van der Waals surface area contributed by atoms with Crippen LogP contribution >= 0.6 is 23.2 Å². The van der Waals surface area contributed by atoms with Gasteiger partial charge in [-0.05, 0) is 42.5 Å². The number of imide groups is 2. The van der Waals surface area contributed by atoms with Gasteiger partial charge in [0.05, 0.1) is 19.4 Å². The van der Waals surface area contributed by atoms with E-state index < -0.39 is 17.8 Å². The number of hydrogen-bond donors (Lipinski definition) is 1. The summed E-state index contributed by atoms with van der Waals surface area (Å²) >= 11 is 12.5. The molecule has 1 aromatic carbocycles. The Hall–Kier alpha value is -3.29. The van der Waals surface area contributed by atoms with Gasteiger partial charge in [0.1, 0.15) is 11.3 Å². The van der Waals surface area contributed by atoms with Crippen LogP contribution in [0.2, 0.25) is 10.0 Å². The zero-order chi connectivity index (χ0) is 21.3. The molecule has 4 rings (SSSR count). The molecule has 30 heavy (non-hydrogen) atoms. The SMILES string of the molecule is O=C1NC(=O)N(Cc2ccco2)C(=O)/C1=C\c1cccn1Cc1c(Cl)cccc1Cl. The number of urea groups is 1. The van der Waals surface area contributed by atoms with Crippen LogP contribution in [0.25, 0.3) is 6.08 Å². The number of nitrogens with zero attached hydrogens (tertiary/aromatic N) is 2. The molecular weight excluding hydrogens is 429 g/mol. The third-order valence-electron chi connectivity index (χ3n) is 4.63. The highest BCUT2D eigenvalue weighted by molar-refractivity contribution is 6.36. The number of carbonyl (C=O) groups excluding carboxylic acids is 3. The first-order valence-electron chi connectivity index (χ1n) is 8.93. The Kier molecular flexibility index (Phi) is 5.48. The molecule has 3 heterocycles. The van der Waals surface area contributed by atoms with Crippen molar-refractivity contribution >= 4 is 47.1 Å². The maximum Gasteiger partial charge on any atom is 0.331 e. The molecule has 152 valence electrons. The smallest absolute Gasteiger partial charge is 0.331 e. The summed E-state index contributed by atoms with van der Waals surface area (Å²) in [7, 11) is 0. The summed E-state index contributed by atoms with van der Waals surface area (Å²) in [6.45, 7) is 0.258. The molecule has 1 saturated heterocycles. The maximum atomic E-state index is 12.9. The van der Waals surface area contributed by atoms with Gasteiger partial charge in [-0.3, -0.25) is 19.8 Å². The van der Waals surface area contributed by atoms with E-state index in [9.17, 15) is 14.4 Å². The number of barbiturate groups is 1. The molecule has 1 aliphatic heterocycles. The zero-order valence-corrected chi connectivity index (χ0v) is 17.0. The van der Waals surface area contributed by atoms with Gasteiger partial charge in [-0.15, -0.1) is 0 Å². The molecular formula is C21H15Cl2N3O4. The molecule has 0 bridgehead atoms. The van der Waals surface area contributed by atoms with Crippen LogP contribution in [0.15, 0.2) is 64.9 Å². The summed E-state index contributed by atoms with van der Waals surface area (Å²) in [4.78, 5) is 38.3. The molecule has 9 heteroatoms. The number of carbonyl (C=O) groups is 3. The van der Waals surface area contributed by atoms with Gasteiger partial charge >= 0.3 is 6.03 Å². The Labute approximate surface area is 181 Å². The molecule has 0 atom stereocenters. The van der Waals surface area contributed by atoms with Crippen molar-refractivity contribution in [3.8, 4) is 0 Å². The van der Waals surface area contributed by atoms with E-state index in [-0.39, 0.29) is 12.1 Å². The van der Waals surface area contributed by atoms with Crippen LogP contribution in [0.5, 0.6) is 0 Å². The standard InChI is InChI=1S/C21H15Cl2N3O4/c22-17-6-1-7-18(23)16(17)12-25-8-2-4-13(25)10-15-19(27)24-21(29)26(20(15)28)11-14-5-3-9-30-14/h1-10H,11-12H2,(H,24,27,29)/b15-10-. The van der Waals surface area contributed by atoms with E-state index in [1.54, 1.807) is 53.2 Å². The summed E-state index contributed by atoms with van der Waals surface area (Å²) in [6.07, 6.45) is 4.66. The number of rotatable bonds is 5. The average Bonchev–Trinajstić information content (AvgIpc) is 3.37. The first-order valence-corrected chi connectivity index (χ1v) is 9.69. The summed E-state index contributed by atoms with van der Waals surface area (Å²) in [6, 6.07) is 11.2. The van der Waals surface area contributed by atoms with Crippen LogP contribution in [0.4, 0.5) is 4.79 Å². The van der Waals surface area contributed by atoms with Gasteiger partial charge in [-0.1, -0.05) is 29.3 Å². The number of benzene rings is 1. The molecule has 0 radical (unpaired) electrons. The molecule has 0 spiro atoms. The monoisotopic (exact) mass is 443 g/mol. The van der Waals surface area contributed by atoms with Crippen molar-refractivity contribution in [2.45, 2.75) is 13.1 Å². The topological polar surface area (TPSA) is 84.6 Å². The number of hydrogen-bond acceptors (Lipinski definition) is 4. The molecule has 0 unspecified atom stereocenters. The molecule has 1 N–H and O–H groups in total. The minimum absolute atomic E-state index is 0.0848. The lowest BCUT2D eigenvalue weighted by molar-refractivity contribution is -0.130. The summed E-state index contributed by atoms with van der Waals surface area (Å²) in [5.41, 5.74) is 1.13. The summed E-state index contributed by atoms with van der Waals surface area (Å²) in [5.74, 6) is -1.04. The number of halogens is 2. The molecule has 3 aromatic rings. The van der Waals surface area contributed by atoms with Crippen LogP contribution in [0.1, 0.15) is 17.0 Å². The minimum Gasteiger partial charge on any atom is -0.467 e.